The van der Waals surface area contributed by atoms with Crippen LogP contribution in [0.2, 0.25) is 5.02 Å². The Morgan fingerprint density at radius 3 is 2.32 bits per heavy atom. The molecule has 0 saturated carbocycles. The van der Waals surface area contributed by atoms with Gasteiger partial charge in [0, 0.05) is 22.6 Å². The number of ether oxygens (including phenoxy) is 3. The minimum absolute atomic E-state index is 0.0554. The minimum Gasteiger partial charge on any atom is -0.508 e. The molecular formula is C18H13ClO6. The van der Waals surface area contributed by atoms with E-state index < -0.39 is 11.9 Å². The summed E-state index contributed by atoms with van der Waals surface area (Å²) in [5.41, 5.74) is 1.14. The molecule has 0 aliphatic carbocycles. The van der Waals surface area contributed by atoms with Gasteiger partial charge in [-0.05, 0) is 23.8 Å². The Labute approximate surface area is 147 Å². The highest BCUT2D eigenvalue weighted by Gasteiger charge is 2.36. The maximum Gasteiger partial charge on any atom is 0.338 e. The SMILES string of the molecule is O=C1OCC(O)=C1[C@H](c1ccc(Cl)cc1)c1cc2c(cc1O)OCO2. The minimum atomic E-state index is -0.734. The molecule has 7 heteroatoms. The van der Waals surface area contributed by atoms with Gasteiger partial charge in [0.1, 0.15) is 18.1 Å². The molecule has 0 unspecified atom stereocenters. The van der Waals surface area contributed by atoms with Crippen molar-refractivity contribution in [3.63, 3.8) is 0 Å². The van der Waals surface area contributed by atoms with E-state index in [1.165, 1.54) is 6.07 Å². The van der Waals surface area contributed by atoms with Gasteiger partial charge in [-0.2, -0.15) is 0 Å². The summed E-state index contributed by atoms with van der Waals surface area (Å²) in [6.45, 7) is -0.136. The van der Waals surface area contributed by atoms with Crippen LogP contribution in [0.5, 0.6) is 17.2 Å². The molecule has 2 heterocycles. The molecule has 6 nitrogen and oxygen atoms in total. The number of esters is 1. The summed E-state index contributed by atoms with van der Waals surface area (Å²) >= 11 is 5.95. The molecule has 25 heavy (non-hydrogen) atoms. The highest BCUT2D eigenvalue weighted by molar-refractivity contribution is 6.30. The van der Waals surface area contributed by atoms with E-state index in [4.69, 9.17) is 25.8 Å². The van der Waals surface area contributed by atoms with E-state index in [1.54, 1.807) is 30.3 Å². The molecule has 0 aromatic heterocycles. The fourth-order valence-electron chi connectivity index (χ4n) is 3.03. The number of aromatic hydroxyl groups is 1. The zero-order chi connectivity index (χ0) is 17.6. The van der Waals surface area contributed by atoms with Gasteiger partial charge in [0.05, 0.1) is 5.57 Å². The summed E-state index contributed by atoms with van der Waals surface area (Å²) in [6.07, 6.45) is 0. The number of cyclic esters (lactones) is 1. The first-order chi connectivity index (χ1) is 12.0. The van der Waals surface area contributed by atoms with Crippen molar-refractivity contribution in [1.29, 1.82) is 0 Å². The lowest BCUT2D eigenvalue weighted by atomic mass is 9.84. The van der Waals surface area contributed by atoms with Crippen molar-refractivity contribution in [2.75, 3.05) is 13.4 Å². The smallest absolute Gasteiger partial charge is 0.338 e. The van der Waals surface area contributed by atoms with Crippen LogP contribution < -0.4 is 9.47 Å². The standard InChI is InChI=1S/C18H13ClO6/c19-10-3-1-9(2-4-10)16(17-13(21)7-23-18(17)22)11-5-14-15(6-12(11)20)25-8-24-14/h1-6,16,20-21H,7-8H2/t16-/m1/s1. The van der Waals surface area contributed by atoms with Gasteiger partial charge < -0.3 is 24.4 Å². The lowest BCUT2D eigenvalue weighted by Crippen LogP contribution is -2.12. The van der Waals surface area contributed by atoms with E-state index in [1.807, 2.05) is 0 Å². The normalized spacial score (nSPS) is 16.9. The van der Waals surface area contributed by atoms with Gasteiger partial charge >= 0.3 is 5.97 Å². The fraction of sp³-hybridized carbons (Fsp3) is 0.167. The zero-order valence-corrected chi connectivity index (χ0v) is 13.6. The molecule has 1 atom stereocenters. The molecule has 0 bridgehead atoms. The quantitative estimate of drug-likeness (QED) is 0.817. The largest absolute Gasteiger partial charge is 0.508 e. The number of hydrogen-bond acceptors (Lipinski definition) is 6. The van der Waals surface area contributed by atoms with Crippen LogP contribution in [0.4, 0.5) is 0 Å². The molecule has 0 fully saturated rings. The van der Waals surface area contributed by atoms with Gasteiger partial charge in [-0.25, -0.2) is 4.79 Å². The predicted octanol–water partition coefficient (Wildman–Crippen LogP) is 3.28. The van der Waals surface area contributed by atoms with Crippen LogP contribution >= 0.6 is 11.6 Å². The van der Waals surface area contributed by atoms with Crippen molar-refractivity contribution in [3.05, 3.63) is 63.9 Å². The number of rotatable bonds is 3. The predicted molar refractivity (Wildman–Crippen MR) is 88.1 cm³/mol. The Kier molecular flexibility index (Phi) is 3.69. The van der Waals surface area contributed by atoms with Crippen molar-refractivity contribution in [2.24, 2.45) is 0 Å². The zero-order valence-electron chi connectivity index (χ0n) is 12.9. The molecular weight excluding hydrogens is 348 g/mol. The van der Waals surface area contributed by atoms with Gasteiger partial charge in [-0.3, -0.25) is 0 Å². The van der Waals surface area contributed by atoms with Crippen LogP contribution in [0.1, 0.15) is 17.0 Å². The topological polar surface area (TPSA) is 85.2 Å². The molecule has 0 radical (unpaired) electrons. The third-order valence-corrected chi connectivity index (χ3v) is 4.45. The number of benzene rings is 2. The van der Waals surface area contributed by atoms with E-state index in [-0.39, 0.29) is 30.5 Å². The molecule has 2 N–H and O–H groups in total. The number of phenols is 1. The van der Waals surface area contributed by atoms with Gasteiger partial charge in [0.25, 0.3) is 0 Å². The van der Waals surface area contributed by atoms with E-state index >= 15 is 0 Å². The summed E-state index contributed by atoms with van der Waals surface area (Å²) in [5.74, 6) is -0.732. The van der Waals surface area contributed by atoms with Crippen molar-refractivity contribution < 1.29 is 29.2 Å². The number of aliphatic hydroxyl groups excluding tert-OH is 1. The maximum absolute atomic E-state index is 12.2. The first-order valence-electron chi connectivity index (χ1n) is 7.51. The van der Waals surface area contributed by atoms with E-state index in [0.29, 0.717) is 27.6 Å². The third-order valence-electron chi connectivity index (χ3n) is 4.20. The molecule has 2 aliphatic heterocycles. The summed E-state index contributed by atoms with van der Waals surface area (Å²) in [4.78, 5) is 12.2. The Morgan fingerprint density at radius 1 is 1.00 bits per heavy atom. The molecule has 0 amide bonds. The number of halogens is 1. The first kappa shape index (κ1) is 15.7. The van der Waals surface area contributed by atoms with E-state index in [0.717, 1.165) is 0 Å². The van der Waals surface area contributed by atoms with Crippen LogP contribution in [0, 0.1) is 0 Å². The second kappa shape index (κ2) is 5.89. The van der Waals surface area contributed by atoms with Crippen molar-refractivity contribution >= 4 is 17.6 Å². The van der Waals surface area contributed by atoms with Crippen LogP contribution in [0.3, 0.4) is 0 Å². The molecule has 2 aromatic rings. The molecule has 2 aromatic carbocycles. The molecule has 4 rings (SSSR count). The third kappa shape index (κ3) is 2.64. The monoisotopic (exact) mass is 360 g/mol. The molecule has 0 saturated heterocycles. The van der Waals surface area contributed by atoms with Crippen LogP contribution in [-0.4, -0.2) is 29.6 Å². The van der Waals surface area contributed by atoms with Crippen molar-refractivity contribution in [3.8, 4) is 17.2 Å². The number of aliphatic hydroxyl groups is 1. The Balaban J connectivity index is 1.91. The summed E-state index contributed by atoms with van der Waals surface area (Å²) in [6, 6.07) is 9.82. The van der Waals surface area contributed by atoms with Gasteiger partial charge in [-0.1, -0.05) is 23.7 Å². The Bertz CT molecular complexity index is 887. The van der Waals surface area contributed by atoms with Crippen molar-refractivity contribution in [1.82, 2.24) is 0 Å². The number of fused-ring (bicyclic) bond motifs is 1. The first-order valence-corrected chi connectivity index (χ1v) is 7.89. The lowest BCUT2D eigenvalue weighted by molar-refractivity contribution is -0.136. The van der Waals surface area contributed by atoms with Gasteiger partial charge in [0.2, 0.25) is 6.79 Å². The number of hydrogen-bond donors (Lipinski definition) is 2. The number of carbonyl (C=O) groups excluding carboxylic acids is 1. The molecule has 128 valence electrons. The second-order valence-corrected chi connectivity index (χ2v) is 6.12. The Hall–Kier alpha value is -2.86. The lowest BCUT2D eigenvalue weighted by Gasteiger charge is -2.19. The molecule has 2 aliphatic rings. The summed E-state index contributed by atoms with van der Waals surface area (Å²) in [5, 5.41) is 21.2. The van der Waals surface area contributed by atoms with Gasteiger partial charge in [-0.15, -0.1) is 0 Å². The van der Waals surface area contributed by atoms with Crippen LogP contribution in [0.25, 0.3) is 0 Å². The van der Waals surface area contributed by atoms with Crippen LogP contribution in [-0.2, 0) is 9.53 Å². The summed E-state index contributed by atoms with van der Waals surface area (Å²) < 4.78 is 15.5. The van der Waals surface area contributed by atoms with E-state index in [9.17, 15) is 15.0 Å². The maximum atomic E-state index is 12.2. The average Bonchev–Trinajstić information content (AvgIpc) is 3.17. The van der Waals surface area contributed by atoms with Crippen LogP contribution in [0.15, 0.2) is 47.7 Å². The number of phenolic OH excluding ortho intramolecular Hbond substituents is 1. The van der Waals surface area contributed by atoms with Crippen molar-refractivity contribution in [2.45, 2.75) is 5.92 Å². The highest BCUT2D eigenvalue weighted by Crippen LogP contribution is 2.45. The van der Waals surface area contributed by atoms with Gasteiger partial charge in [0.15, 0.2) is 11.5 Å². The van der Waals surface area contributed by atoms with E-state index in [2.05, 4.69) is 0 Å². The Morgan fingerprint density at radius 2 is 1.68 bits per heavy atom. The molecule has 0 spiro atoms. The summed E-state index contributed by atoms with van der Waals surface area (Å²) in [7, 11) is 0. The average molecular weight is 361 g/mol. The fourth-order valence-corrected chi connectivity index (χ4v) is 3.15. The number of carbonyl (C=O) groups is 1. The second-order valence-electron chi connectivity index (χ2n) is 5.69. The highest BCUT2D eigenvalue weighted by atomic mass is 35.5.